The van der Waals surface area contributed by atoms with E-state index in [-0.39, 0.29) is 24.6 Å². The third-order valence-electron chi connectivity index (χ3n) is 5.63. The van der Waals surface area contributed by atoms with Crippen molar-refractivity contribution >= 4 is 46.2 Å². The number of hydrogen-bond acceptors (Lipinski definition) is 5. The van der Waals surface area contributed by atoms with Crippen LogP contribution < -0.4 is 15.1 Å². The molecule has 0 aliphatic carbocycles. The van der Waals surface area contributed by atoms with Gasteiger partial charge in [-0.2, -0.15) is 0 Å². The standard InChI is InChI=1S/C25H25FN4O3S/c1-28(2)19-11-7-18(8-12-19)27-23(31)16-22-24(32)30(20-9-5-17(26)6-10-20)25(33)29(22)14-13-21-4-3-15-34-21/h3-12,15,22H,13-14,16H2,1-2H3,(H,27,31). The van der Waals surface area contributed by atoms with E-state index in [0.29, 0.717) is 12.1 Å². The van der Waals surface area contributed by atoms with Crippen LogP contribution in [0.4, 0.5) is 26.2 Å². The highest BCUT2D eigenvalue weighted by molar-refractivity contribution is 7.09. The van der Waals surface area contributed by atoms with Crippen molar-refractivity contribution in [2.24, 2.45) is 0 Å². The summed E-state index contributed by atoms with van der Waals surface area (Å²) >= 11 is 1.57. The summed E-state index contributed by atoms with van der Waals surface area (Å²) in [6.45, 7) is 0.290. The van der Waals surface area contributed by atoms with Crippen molar-refractivity contribution in [1.82, 2.24) is 4.90 Å². The number of anilines is 3. The summed E-state index contributed by atoms with van der Waals surface area (Å²) in [6.07, 6.45) is 0.389. The van der Waals surface area contributed by atoms with Crippen LogP contribution in [0.15, 0.2) is 66.0 Å². The molecule has 3 aromatic rings. The molecule has 0 bridgehead atoms. The van der Waals surface area contributed by atoms with Crippen LogP contribution in [0, 0.1) is 5.82 Å². The minimum atomic E-state index is -0.946. The SMILES string of the molecule is CN(C)c1ccc(NC(=O)CC2C(=O)N(c3ccc(F)cc3)C(=O)N2CCc2cccs2)cc1. The van der Waals surface area contributed by atoms with Crippen molar-refractivity contribution in [2.75, 3.05) is 35.8 Å². The molecule has 1 atom stereocenters. The Balaban J connectivity index is 1.52. The average Bonchev–Trinajstić information content (AvgIpc) is 3.40. The second kappa shape index (κ2) is 10.0. The molecule has 9 heteroatoms. The lowest BCUT2D eigenvalue weighted by Gasteiger charge is -2.21. The van der Waals surface area contributed by atoms with Gasteiger partial charge in [-0.25, -0.2) is 14.1 Å². The van der Waals surface area contributed by atoms with Crippen molar-refractivity contribution in [2.45, 2.75) is 18.9 Å². The maximum atomic E-state index is 13.4. The Morgan fingerprint density at radius 1 is 1.06 bits per heavy atom. The molecule has 1 aliphatic heterocycles. The molecule has 0 saturated carbocycles. The number of nitrogens with zero attached hydrogens (tertiary/aromatic N) is 3. The number of halogens is 1. The molecule has 4 amide bonds. The molecule has 176 valence electrons. The van der Waals surface area contributed by atoms with Gasteiger partial charge in [-0.05, 0) is 66.4 Å². The Morgan fingerprint density at radius 2 is 1.76 bits per heavy atom. The van der Waals surface area contributed by atoms with Crippen LogP contribution in [0.2, 0.25) is 0 Å². The van der Waals surface area contributed by atoms with Gasteiger partial charge in [0.15, 0.2) is 0 Å². The molecule has 1 aliphatic rings. The maximum Gasteiger partial charge on any atom is 0.332 e. The summed E-state index contributed by atoms with van der Waals surface area (Å²) in [4.78, 5) is 44.8. The molecule has 0 radical (unpaired) electrons. The Hall–Kier alpha value is -3.72. The number of hydrogen-bond donors (Lipinski definition) is 1. The van der Waals surface area contributed by atoms with E-state index in [1.165, 1.54) is 29.2 Å². The Bertz CT molecular complexity index is 1160. The fourth-order valence-corrected chi connectivity index (χ4v) is 4.53. The molecular weight excluding hydrogens is 455 g/mol. The van der Waals surface area contributed by atoms with E-state index < -0.39 is 23.8 Å². The molecule has 34 heavy (non-hydrogen) atoms. The number of benzene rings is 2. The zero-order valence-corrected chi connectivity index (χ0v) is 19.7. The number of imide groups is 1. The summed E-state index contributed by atoms with van der Waals surface area (Å²) in [6, 6.07) is 14.9. The number of nitrogens with one attached hydrogen (secondary N) is 1. The van der Waals surface area contributed by atoms with E-state index in [4.69, 9.17) is 0 Å². The molecule has 1 saturated heterocycles. The summed E-state index contributed by atoms with van der Waals surface area (Å²) < 4.78 is 13.4. The minimum Gasteiger partial charge on any atom is -0.378 e. The first-order chi connectivity index (χ1) is 16.3. The molecule has 1 fully saturated rings. The van der Waals surface area contributed by atoms with Gasteiger partial charge in [0.25, 0.3) is 5.91 Å². The topological polar surface area (TPSA) is 73.0 Å². The first-order valence-electron chi connectivity index (χ1n) is 10.8. The zero-order chi connectivity index (χ0) is 24.2. The van der Waals surface area contributed by atoms with Crippen LogP contribution in [0.5, 0.6) is 0 Å². The minimum absolute atomic E-state index is 0.178. The van der Waals surface area contributed by atoms with Gasteiger partial charge in [0.05, 0.1) is 12.1 Å². The smallest absolute Gasteiger partial charge is 0.332 e. The predicted molar refractivity (Wildman–Crippen MR) is 132 cm³/mol. The highest BCUT2D eigenvalue weighted by Gasteiger charge is 2.46. The van der Waals surface area contributed by atoms with Crippen molar-refractivity contribution in [3.8, 4) is 0 Å². The van der Waals surface area contributed by atoms with Gasteiger partial charge in [-0.3, -0.25) is 9.59 Å². The lowest BCUT2D eigenvalue weighted by molar-refractivity contribution is -0.124. The average molecular weight is 481 g/mol. The van der Waals surface area contributed by atoms with E-state index in [1.54, 1.807) is 23.5 Å². The number of carbonyl (C=O) groups is 3. The molecule has 2 heterocycles. The highest BCUT2D eigenvalue weighted by atomic mass is 32.1. The Morgan fingerprint density at radius 3 is 2.38 bits per heavy atom. The van der Waals surface area contributed by atoms with Gasteiger partial charge >= 0.3 is 6.03 Å². The first-order valence-corrected chi connectivity index (χ1v) is 11.7. The van der Waals surface area contributed by atoms with Gasteiger partial charge in [0.1, 0.15) is 11.9 Å². The van der Waals surface area contributed by atoms with Crippen molar-refractivity contribution < 1.29 is 18.8 Å². The van der Waals surface area contributed by atoms with Gasteiger partial charge in [0, 0.05) is 36.9 Å². The molecule has 1 unspecified atom stereocenters. The molecule has 0 spiro atoms. The fraction of sp³-hybridized carbons (Fsp3) is 0.240. The number of amides is 4. The molecule has 7 nitrogen and oxygen atoms in total. The van der Waals surface area contributed by atoms with Crippen molar-refractivity contribution in [3.05, 3.63) is 76.7 Å². The first kappa shape index (κ1) is 23.4. The van der Waals surface area contributed by atoms with Crippen LogP contribution in [0.25, 0.3) is 0 Å². The second-order valence-electron chi connectivity index (χ2n) is 8.16. The van der Waals surface area contributed by atoms with Crippen LogP contribution in [-0.2, 0) is 16.0 Å². The van der Waals surface area contributed by atoms with Crippen LogP contribution in [0.1, 0.15) is 11.3 Å². The monoisotopic (exact) mass is 480 g/mol. The Labute approximate surface area is 201 Å². The highest BCUT2D eigenvalue weighted by Crippen LogP contribution is 2.28. The molecule has 1 aromatic heterocycles. The van der Waals surface area contributed by atoms with E-state index in [1.807, 2.05) is 48.6 Å². The van der Waals surface area contributed by atoms with E-state index in [2.05, 4.69) is 5.32 Å². The number of urea groups is 1. The summed E-state index contributed by atoms with van der Waals surface area (Å²) in [5.74, 6) is -1.33. The summed E-state index contributed by atoms with van der Waals surface area (Å²) in [7, 11) is 3.85. The van der Waals surface area contributed by atoms with Crippen molar-refractivity contribution in [3.63, 3.8) is 0 Å². The van der Waals surface area contributed by atoms with Gasteiger partial charge in [-0.1, -0.05) is 6.07 Å². The van der Waals surface area contributed by atoms with Crippen molar-refractivity contribution in [1.29, 1.82) is 0 Å². The van der Waals surface area contributed by atoms with Crippen LogP contribution in [-0.4, -0.2) is 49.4 Å². The second-order valence-corrected chi connectivity index (χ2v) is 9.20. The molecular formula is C25H25FN4O3S. The number of thiophene rings is 1. The van der Waals surface area contributed by atoms with E-state index in [0.717, 1.165) is 15.5 Å². The zero-order valence-electron chi connectivity index (χ0n) is 18.9. The lowest BCUT2D eigenvalue weighted by atomic mass is 10.1. The van der Waals surface area contributed by atoms with Crippen LogP contribution >= 0.6 is 11.3 Å². The molecule has 1 N–H and O–H groups in total. The van der Waals surface area contributed by atoms with E-state index >= 15 is 0 Å². The quantitative estimate of drug-likeness (QED) is 0.486. The summed E-state index contributed by atoms with van der Waals surface area (Å²) in [5.41, 5.74) is 1.87. The van der Waals surface area contributed by atoms with Gasteiger partial charge in [-0.15, -0.1) is 11.3 Å². The lowest BCUT2D eigenvalue weighted by Crippen LogP contribution is -2.39. The fourth-order valence-electron chi connectivity index (χ4n) is 3.83. The molecule has 4 rings (SSSR count). The third kappa shape index (κ3) is 5.09. The largest absolute Gasteiger partial charge is 0.378 e. The third-order valence-corrected chi connectivity index (χ3v) is 6.57. The van der Waals surface area contributed by atoms with Crippen LogP contribution in [0.3, 0.4) is 0 Å². The number of carbonyl (C=O) groups excluding carboxylic acids is 3. The number of rotatable bonds is 8. The van der Waals surface area contributed by atoms with Gasteiger partial charge in [0.2, 0.25) is 5.91 Å². The normalized spacial score (nSPS) is 15.7. The molecule has 2 aromatic carbocycles. The predicted octanol–water partition coefficient (Wildman–Crippen LogP) is 4.36. The summed E-state index contributed by atoms with van der Waals surface area (Å²) in [5, 5.41) is 4.76. The van der Waals surface area contributed by atoms with Gasteiger partial charge < -0.3 is 15.1 Å². The Kier molecular flexibility index (Phi) is 6.93. The maximum absolute atomic E-state index is 13.4. The van der Waals surface area contributed by atoms with E-state index in [9.17, 15) is 18.8 Å².